The van der Waals surface area contributed by atoms with Crippen LogP contribution >= 0.6 is 0 Å². The van der Waals surface area contributed by atoms with Crippen LogP contribution in [0.25, 0.3) is 0 Å². The largest absolute Gasteiger partial charge is 0.325 e. The van der Waals surface area contributed by atoms with Crippen molar-refractivity contribution in [1.82, 2.24) is 0 Å². The van der Waals surface area contributed by atoms with E-state index in [0.29, 0.717) is 6.61 Å². The molecule has 3 nitrogen and oxygen atoms in total. The van der Waals surface area contributed by atoms with Crippen molar-refractivity contribution in [1.29, 1.82) is 0 Å². The lowest BCUT2D eigenvalue weighted by Gasteiger charge is -2.00. The standard InChI is InChI=1S/C3H5NO2/c1-2-5-6-3-4-1/h3H,1-2H2. The first-order valence-corrected chi connectivity index (χ1v) is 1.77. The van der Waals surface area contributed by atoms with E-state index in [1.807, 2.05) is 0 Å². The van der Waals surface area contributed by atoms with Crippen LogP contribution in [0.1, 0.15) is 0 Å². The van der Waals surface area contributed by atoms with Crippen molar-refractivity contribution in [3.8, 4) is 0 Å². The number of hydrogen-bond donors (Lipinski definition) is 0. The van der Waals surface area contributed by atoms with Crippen molar-refractivity contribution in [2.24, 2.45) is 4.99 Å². The lowest BCUT2D eigenvalue weighted by Crippen LogP contribution is -2.04. The predicted octanol–water partition coefficient (Wildman–Crippen LogP) is -0.0235. The molecular weight excluding hydrogens is 82.0 g/mol. The van der Waals surface area contributed by atoms with Crippen molar-refractivity contribution in [2.75, 3.05) is 13.2 Å². The molecule has 1 aliphatic heterocycles. The van der Waals surface area contributed by atoms with Crippen LogP contribution in [0.4, 0.5) is 0 Å². The molecule has 0 aliphatic carbocycles. The van der Waals surface area contributed by atoms with Gasteiger partial charge in [0.2, 0.25) is 6.40 Å². The summed E-state index contributed by atoms with van der Waals surface area (Å²) >= 11 is 0. The summed E-state index contributed by atoms with van der Waals surface area (Å²) in [6, 6.07) is 0. The summed E-state index contributed by atoms with van der Waals surface area (Å²) in [6.45, 7) is 1.30. The first kappa shape index (κ1) is 3.61. The molecule has 34 valence electrons. The summed E-state index contributed by atoms with van der Waals surface area (Å²) in [6.07, 6.45) is 1.30. The van der Waals surface area contributed by atoms with E-state index >= 15 is 0 Å². The number of hydrogen-bond acceptors (Lipinski definition) is 3. The van der Waals surface area contributed by atoms with E-state index in [1.165, 1.54) is 6.40 Å². The van der Waals surface area contributed by atoms with Gasteiger partial charge in [-0.1, -0.05) is 0 Å². The molecule has 0 saturated carbocycles. The van der Waals surface area contributed by atoms with Crippen LogP contribution in [0.5, 0.6) is 0 Å². The van der Waals surface area contributed by atoms with Gasteiger partial charge in [-0.3, -0.25) is 4.99 Å². The van der Waals surface area contributed by atoms with Gasteiger partial charge in [0.05, 0.1) is 6.54 Å². The molecular formula is C3H5NO2. The fourth-order valence-electron chi connectivity index (χ4n) is 0.252. The Morgan fingerprint density at radius 1 is 1.67 bits per heavy atom. The zero-order chi connectivity index (χ0) is 4.24. The molecule has 0 radical (unpaired) electrons. The van der Waals surface area contributed by atoms with E-state index in [1.54, 1.807) is 0 Å². The average Bonchev–Trinajstić information content (AvgIpc) is 1.72. The maximum absolute atomic E-state index is 4.42. The molecule has 0 aromatic carbocycles. The van der Waals surface area contributed by atoms with Crippen LogP contribution in [0.3, 0.4) is 0 Å². The molecule has 0 aromatic rings. The molecule has 0 N–H and O–H groups in total. The Bertz CT molecular complexity index is 53.8. The third kappa shape index (κ3) is 0.687. The van der Waals surface area contributed by atoms with E-state index in [4.69, 9.17) is 0 Å². The second kappa shape index (κ2) is 1.77. The summed E-state index contributed by atoms with van der Waals surface area (Å²) in [5.41, 5.74) is 0. The van der Waals surface area contributed by atoms with E-state index in [-0.39, 0.29) is 0 Å². The molecule has 0 amide bonds. The van der Waals surface area contributed by atoms with Crippen molar-refractivity contribution < 1.29 is 9.78 Å². The third-order valence-electron chi connectivity index (χ3n) is 0.489. The van der Waals surface area contributed by atoms with Gasteiger partial charge in [-0.2, -0.15) is 4.89 Å². The second-order valence-electron chi connectivity index (χ2n) is 0.930. The fraction of sp³-hybridized carbons (Fsp3) is 0.667. The van der Waals surface area contributed by atoms with Crippen LogP contribution in [0.2, 0.25) is 0 Å². The molecule has 0 bridgehead atoms. The molecule has 3 heteroatoms. The highest BCUT2D eigenvalue weighted by Crippen LogP contribution is 1.81. The van der Waals surface area contributed by atoms with Gasteiger partial charge in [0.1, 0.15) is 6.61 Å². The van der Waals surface area contributed by atoms with E-state index in [9.17, 15) is 0 Å². The Morgan fingerprint density at radius 3 is 2.83 bits per heavy atom. The first-order valence-electron chi connectivity index (χ1n) is 1.77. The molecule has 0 saturated heterocycles. The van der Waals surface area contributed by atoms with Gasteiger partial charge in [-0.15, -0.1) is 0 Å². The highest BCUT2D eigenvalue weighted by atomic mass is 17.2. The van der Waals surface area contributed by atoms with Gasteiger partial charge in [0, 0.05) is 0 Å². The van der Waals surface area contributed by atoms with Crippen LogP contribution in [0.15, 0.2) is 4.99 Å². The monoisotopic (exact) mass is 87.0 g/mol. The topological polar surface area (TPSA) is 30.8 Å². The van der Waals surface area contributed by atoms with Gasteiger partial charge in [0.25, 0.3) is 0 Å². The first-order chi connectivity index (χ1) is 3.00. The highest BCUT2D eigenvalue weighted by Gasteiger charge is 1.87. The SMILES string of the molecule is C1=NCCOO1. The number of rotatable bonds is 0. The smallest absolute Gasteiger partial charge is 0.214 e. The maximum atomic E-state index is 4.42. The van der Waals surface area contributed by atoms with Gasteiger partial charge < -0.3 is 4.89 Å². The van der Waals surface area contributed by atoms with Crippen LogP contribution < -0.4 is 0 Å². The predicted molar refractivity (Wildman–Crippen MR) is 20.4 cm³/mol. The molecule has 6 heavy (non-hydrogen) atoms. The second-order valence-corrected chi connectivity index (χ2v) is 0.930. The molecule has 0 unspecified atom stereocenters. The Labute approximate surface area is 35.5 Å². The highest BCUT2D eigenvalue weighted by molar-refractivity contribution is 5.45. The average molecular weight is 87.1 g/mol. The molecule has 1 aliphatic rings. The Morgan fingerprint density at radius 2 is 2.67 bits per heavy atom. The quantitative estimate of drug-likeness (QED) is 0.388. The Hall–Kier alpha value is -0.570. The molecule has 0 fully saturated rings. The van der Waals surface area contributed by atoms with Gasteiger partial charge >= 0.3 is 0 Å². The van der Waals surface area contributed by atoms with Crippen molar-refractivity contribution in [3.63, 3.8) is 0 Å². The maximum Gasteiger partial charge on any atom is 0.214 e. The summed E-state index contributed by atoms with van der Waals surface area (Å²) in [7, 11) is 0. The third-order valence-corrected chi connectivity index (χ3v) is 0.489. The minimum Gasteiger partial charge on any atom is -0.325 e. The van der Waals surface area contributed by atoms with Gasteiger partial charge in [-0.25, -0.2) is 0 Å². The Kier molecular flexibility index (Phi) is 1.06. The molecule has 0 spiro atoms. The lowest BCUT2D eigenvalue weighted by molar-refractivity contribution is -0.220. The number of nitrogens with zero attached hydrogens (tertiary/aromatic N) is 1. The van der Waals surface area contributed by atoms with Crippen LogP contribution in [-0.2, 0) is 9.78 Å². The molecule has 0 atom stereocenters. The van der Waals surface area contributed by atoms with Gasteiger partial charge in [-0.05, 0) is 0 Å². The van der Waals surface area contributed by atoms with Crippen molar-refractivity contribution in [3.05, 3.63) is 0 Å². The zero-order valence-electron chi connectivity index (χ0n) is 3.26. The Balaban J connectivity index is 2.26. The minimum atomic E-state index is 0.580. The van der Waals surface area contributed by atoms with Crippen molar-refractivity contribution >= 4 is 6.40 Å². The van der Waals surface area contributed by atoms with Crippen LogP contribution in [-0.4, -0.2) is 19.6 Å². The van der Waals surface area contributed by atoms with Crippen LogP contribution in [0, 0.1) is 0 Å². The summed E-state index contributed by atoms with van der Waals surface area (Å²) in [5, 5.41) is 0. The molecule has 1 heterocycles. The van der Waals surface area contributed by atoms with E-state index in [2.05, 4.69) is 14.8 Å². The van der Waals surface area contributed by atoms with E-state index < -0.39 is 0 Å². The van der Waals surface area contributed by atoms with E-state index in [0.717, 1.165) is 6.54 Å². The fourth-order valence-corrected chi connectivity index (χ4v) is 0.252. The number of aliphatic imine (C=N–C) groups is 1. The summed E-state index contributed by atoms with van der Waals surface area (Å²) in [4.78, 5) is 12.4. The summed E-state index contributed by atoms with van der Waals surface area (Å²) in [5.74, 6) is 0. The zero-order valence-corrected chi connectivity index (χ0v) is 3.26. The normalized spacial score (nSPS) is 20.0. The van der Waals surface area contributed by atoms with Gasteiger partial charge in [0.15, 0.2) is 0 Å². The lowest BCUT2D eigenvalue weighted by atomic mass is 10.7. The molecule has 0 aromatic heterocycles. The van der Waals surface area contributed by atoms with Crippen molar-refractivity contribution in [2.45, 2.75) is 0 Å². The summed E-state index contributed by atoms with van der Waals surface area (Å²) < 4.78 is 0. The minimum absolute atomic E-state index is 0.580. The molecule has 1 rings (SSSR count).